The van der Waals surface area contributed by atoms with Crippen molar-refractivity contribution < 1.29 is 9.53 Å². The molecule has 1 heterocycles. The first-order valence-corrected chi connectivity index (χ1v) is 8.49. The first kappa shape index (κ1) is 17.0. The van der Waals surface area contributed by atoms with Crippen molar-refractivity contribution in [3.05, 3.63) is 15.8 Å². The summed E-state index contributed by atoms with van der Waals surface area (Å²) in [6, 6.07) is 1.70. The van der Waals surface area contributed by atoms with Crippen molar-refractivity contribution in [3.8, 4) is 0 Å². The third-order valence-corrected chi connectivity index (χ3v) is 4.43. The molecule has 0 aromatic carbocycles. The summed E-state index contributed by atoms with van der Waals surface area (Å²) in [4.78, 5) is 13.3. The topological polar surface area (TPSA) is 52.3 Å². The smallest absolute Gasteiger partial charge is 0.348 e. The second-order valence-corrected chi connectivity index (χ2v) is 6.49. The van der Waals surface area contributed by atoms with Gasteiger partial charge in [-0.1, -0.05) is 51.9 Å². The van der Waals surface area contributed by atoms with E-state index >= 15 is 0 Å². The van der Waals surface area contributed by atoms with Gasteiger partial charge in [-0.25, -0.2) is 4.79 Å². The average molecular weight is 297 g/mol. The van der Waals surface area contributed by atoms with Crippen molar-refractivity contribution in [2.24, 2.45) is 0 Å². The molecule has 0 saturated carbocycles. The minimum absolute atomic E-state index is 0.238. The summed E-state index contributed by atoms with van der Waals surface area (Å²) >= 11 is 1.40. The van der Waals surface area contributed by atoms with Gasteiger partial charge in [-0.05, 0) is 19.4 Å². The Morgan fingerprint density at radius 3 is 2.30 bits per heavy atom. The number of esters is 1. The quantitative estimate of drug-likeness (QED) is 0.492. The molecular weight excluding hydrogens is 270 g/mol. The van der Waals surface area contributed by atoms with Gasteiger partial charge in [-0.3, -0.25) is 0 Å². The van der Waals surface area contributed by atoms with Gasteiger partial charge in [0.15, 0.2) is 0 Å². The minimum atomic E-state index is -0.238. The van der Waals surface area contributed by atoms with E-state index in [0.717, 1.165) is 17.7 Å². The summed E-state index contributed by atoms with van der Waals surface area (Å²) in [5, 5.41) is 0. The zero-order chi connectivity index (χ0) is 14.8. The predicted octanol–water partition coefficient (Wildman–Crippen LogP) is 4.94. The number of carbonyl (C=O) groups excluding carboxylic acids is 1. The highest BCUT2D eigenvalue weighted by Crippen LogP contribution is 2.24. The molecular formula is C16H27NO2S. The fourth-order valence-electron chi connectivity index (χ4n) is 2.07. The Hall–Kier alpha value is -1.03. The zero-order valence-corrected chi connectivity index (χ0v) is 13.6. The van der Waals surface area contributed by atoms with Crippen LogP contribution in [0.5, 0.6) is 0 Å². The van der Waals surface area contributed by atoms with Crippen LogP contribution in [0.3, 0.4) is 0 Å². The maximum Gasteiger partial charge on any atom is 0.348 e. The van der Waals surface area contributed by atoms with Gasteiger partial charge < -0.3 is 10.5 Å². The number of rotatable bonds is 10. The molecule has 0 radical (unpaired) electrons. The van der Waals surface area contributed by atoms with E-state index in [4.69, 9.17) is 10.5 Å². The highest BCUT2D eigenvalue weighted by atomic mass is 32.1. The summed E-state index contributed by atoms with van der Waals surface area (Å²) in [6.45, 7) is 4.66. The Morgan fingerprint density at radius 1 is 1.15 bits per heavy atom. The van der Waals surface area contributed by atoms with Crippen molar-refractivity contribution in [2.75, 3.05) is 12.3 Å². The van der Waals surface area contributed by atoms with E-state index in [1.54, 1.807) is 6.07 Å². The predicted molar refractivity (Wildman–Crippen MR) is 86.4 cm³/mol. The number of nitrogens with two attached hydrogens (primary N) is 1. The van der Waals surface area contributed by atoms with Gasteiger partial charge >= 0.3 is 5.97 Å². The molecule has 1 rings (SSSR count). The Bertz CT molecular complexity index is 382. The van der Waals surface area contributed by atoms with Crippen LogP contribution in [0.4, 0.5) is 5.69 Å². The zero-order valence-electron chi connectivity index (χ0n) is 12.7. The van der Waals surface area contributed by atoms with E-state index < -0.39 is 0 Å². The minimum Gasteiger partial charge on any atom is -0.462 e. The molecule has 20 heavy (non-hydrogen) atoms. The van der Waals surface area contributed by atoms with Crippen LogP contribution in [0.25, 0.3) is 0 Å². The molecule has 0 aliphatic carbocycles. The summed E-state index contributed by atoms with van der Waals surface area (Å²) in [7, 11) is 0. The number of thiophene rings is 1. The van der Waals surface area contributed by atoms with Crippen LogP contribution in [0.1, 0.15) is 72.8 Å². The molecule has 2 N–H and O–H groups in total. The van der Waals surface area contributed by atoms with E-state index in [0.29, 0.717) is 17.2 Å². The second-order valence-electron chi connectivity index (χ2n) is 5.23. The van der Waals surface area contributed by atoms with E-state index in [9.17, 15) is 4.79 Å². The van der Waals surface area contributed by atoms with E-state index in [1.165, 1.54) is 49.9 Å². The van der Waals surface area contributed by atoms with Gasteiger partial charge in [0.25, 0.3) is 0 Å². The summed E-state index contributed by atoms with van der Waals surface area (Å²) in [5.74, 6) is -0.238. The largest absolute Gasteiger partial charge is 0.462 e. The molecule has 0 bridgehead atoms. The fourth-order valence-corrected chi connectivity index (χ4v) is 2.90. The highest BCUT2D eigenvalue weighted by molar-refractivity contribution is 7.14. The Balaban J connectivity index is 2.02. The molecule has 1 aromatic rings. The van der Waals surface area contributed by atoms with Crippen molar-refractivity contribution in [3.63, 3.8) is 0 Å². The van der Waals surface area contributed by atoms with Crippen LogP contribution in [-0.2, 0) is 4.74 Å². The molecule has 0 spiro atoms. The molecule has 4 heteroatoms. The molecule has 1 aromatic heterocycles. The molecule has 0 aliphatic heterocycles. The fraction of sp³-hybridized carbons (Fsp3) is 0.688. The number of hydrogen-bond donors (Lipinski definition) is 1. The third kappa shape index (κ3) is 6.42. The Morgan fingerprint density at radius 2 is 1.75 bits per heavy atom. The van der Waals surface area contributed by atoms with Crippen LogP contribution >= 0.6 is 11.3 Å². The Kier molecular flexibility index (Phi) is 8.35. The highest BCUT2D eigenvalue weighted by Gasteiger charge is 2.11. The maximum atomic E-state index is 11.7. The Labute approximate surface area is 126 Å². The number of unbranched alkanes of at least 4 members (excludes halogenated alkanes) is 7. The lowest BCUT2D eigenvalue weighted by molar-refractivity contribution is 0.0503. The number of anilines is 1. The molecule has 0 unspecified atom stereocenters. The first-order chi connectivity index (χ1) is 9.65. The maximum absolute atomic E-state index is 11.7. The monoisotopic (exact) mass is 297 g/mol. The van der Waals surface area contributed by atoms with E-state index in [2.05, 4.69) is 6.92 Å². The number of ether oxygens (including phenoxy) is 1. The van der Waals surface area contributed by atoms with Gasteiger partial charge in [-0.15, -0.1) is 11.3 Å². The lowest BCUT2D eigenvalue weighted by Gasteiger charge is -2.03. The van der Waals surface area contributed by atoms with Crippen molar-refractivity contribution in [1.82, 2.24) is 0 Å². The van der Waals surface area contributed by atoms with Crippen LogP contribution < -0.4 is 5.73 Å². The summed E-state index contributed by atoms with van der Waals surface area (Å²) < 4.78 is 5.26. The normalized spacial score (nSPS) is 10.7. The van der Waals surface area contributed by atoms with Gasteiger partial charge in [0.2, 0.25) is 0 Å². The van der Waals surface area contributed by atoms with Crippen LogP contribution in [0, 0.1) is 6.92 Å². The van der Waals surface area contributed by atoms with Crippen molar-refractivity contribution in [1.29, 1.82) is 0 Å². The van der Waals surface area contributed by atoms with E-state index in [-0.39, 0.29) is 5.97 Å². The van der Waals surface area contributed by atoms with Gasteiger partial charge in [0, 0.05) is 10.6 Å². The summed E-state index contributed by atoms with van der Waals surface area (Å²) in [6.07, 6.45) is 9.97. The number of carbonyl (C=O) groups is 1. The standard InChI is InChI=1S/C16H27NO2S/c1-3-4-5-6-7-8-9-10-11-19-16(18)15-12-14(17)13(2)20-15/h12H,3-11,17H2,1-2H3. The lowest BCUT2D eigenvalue weighted by Crippen LogP contribution is -2.04. The third-order valence-electron chi connectivity index (χ3n) is 3.39. The van der Waals surface area contributed by atoms with E-state index in [1.807, 2.05) is 6.92 Å². The van der Waals surface area contributed by atoms with Crippen LogP contribution in [0.15, 0.2) is 6.07 Å². The average Bonchev–Trinajstić information content (AvgIpc) is 2.77. The van der Waals surface area contributed by atoms with Crippen molar-refractivity contribution >= 4 is 23.0 Å². The molecule has 0 saturated heterocycles. The van der Waals surface area contributed by atoms with Crippen LogP contribution in [0.2, 0.25) is 0 Å². The first-order valence-electron chi connectivity index (χ1n) is 7.68. The number of hydrogen-bond acceptors (Lipinski definition) is 4. The number of aryl methyl sites for hydroxylation is 1. The molecule has 114 valence electrons. The lowest BCUT2D eigenvalue weighted by atomic mass is 10.1. The summed E-state index contributed by atoms with van der Waals surface area (Å²) in [5.41, 5.74) is 6.40. The van der Waals surface area contributed by atoms with Crippen LogP contribution in [-0.4, -0.2) is 12.6 Å². The van der Waals surface area contributed by atoms with Crippen molar-refractivity contribution in [2.45, 2.75) is 65.2 Å². The second kappa shape index (κ2) is 9.81. The molecule has 0 fully saturated rings. The number of nitrogen functional groups attached to an aromatic ring is 1. The van der Waals surface area contributed by atoms with Gasteiger partial charge in [0.05, 0.1) is 6.61 Å². The molecule has 3 nitrogen and oxygen atoms in total. The molecule has 0 amide bonds. The van der Waals surface area contributed by atoms with Gasteiger partial charge in [0.1, 0.15) is 4.88 Å². The molecule has 0 atom stereocenters. The molecule has 0 aliphatic rings. The SMILES string of the molecule is CCCCCCCCCCOC(=O)c1cc(N)c(C)s1. The van der Waals surface area contributed by atoms with Gasteiger partial charge in [-0.2, -0.15) is 0 Å².